The third-order valence-corrected chi connectivity index (χ3v) is 2.62. The lowest BCUT2D eigenvalue weighted by atomic mass is 10.3. The largest absolute Gasteiger partial charge is 0.481 e. The highest BCUT2D eigenvalue weighted by Gasteiger charge is 2.16. The molecule has 0 unspecified atom stereocenters. The van der Waals surface area contributed by atoms with E-state index in [1.165, 1.54) is 0 Å². The number of rotatable bonds is 4. The molecule has 18 heavy (non-hydrogen) atoms. The van der Waals surface area contributed by atoms with Gasteiger partial charge in [0.15, 0.2) is 0 Å². The van der Waals surface area contributed by atoms with Gasteiger partial charge in [-0.3, -0.25) is 9.69 Å². The predicted molar refractivity (Wildman–Crippen MR) is 67.1 cm³/mol. The standard InChI is InChI=1S/C13H14N2O3/c1-9-11(8-12(16)17)18-13(14-9)15(2)10-6-4-3-5-7-10/h3-7H,8H2,1-2H3,(H,16,17). The second-order valence-corrected chi connectivity index (χ2v) is 3.97. The fourth-order valence-electron chi connectivity index (χ4n) is 1.62. The summed E-state index contributed by atoms with van der Waals surface area (Å²) in [7, 11) is 1.82. The van der Waals surface area contributed by atoms with Crippen LogP contribution in [0.25, 0.3) is 0 Å². The fourth-order valence-corrected chi connectivity index (χ4v) is 1.62. The number of carbonyl (C=O) groups is 1. The minimum Gasteiger partial charge on any atom is -0.481 e. The molecule has 5 nitrogen and oxygen atoms in total. The van der Waals surface area contributed by atoms with Gasteiger partial charge in [0.2, 0.25) is 0 Å². The molecule has 0 fully saturated rings. The van der Waals surface area contributed by atoms with Crippen molar-refractivity contribution in [3.05, 3.63) is 41.8 Å². The van der Waals surface area contributed by atoms with Gasteiger partial charge in [-0.05, 0) is 19.1 Å². The van der Waals surface area contributed by atoms with Crippen molar-refractivity contribution in [3.8, 4) is 0 Å². The van der Waals surface area contributed by atoms with Gasteiger partial charge < -0.3 is 9.52 Å². The van der Waals surface area contributed by atoms with E-state index >= 15 is 0 Å². The molecule has 0 aliphatic carbocycles. The van der Waals surface area contributed by atoms with Crippen LogP contribution in [0.5, 0.6) is 0 Å². The van der Waals surface area contributed by atoms with E-state index in [0.717, 1.165) is 5.69 Å². The Morgan fingerprint density at radius 1 is 1.39 bits per heavy atom. The zero-order chi connectivity index (χ0) is 13.1. The van der Waals surface area contributed by atoms with Gasteiger partial charge in [-0.25, -0.2) is 0 Å². The highest BCUT2D eigenvalue weighted by atomic mass is 16.4. The maximum atomic E-state index is 10.7. The van der Waals surface area contributed by atoms with Crippen LogP contribution in [0.3, 0.4) is 0 Å². The van der Waals surface area contributed by atoms with Crippen LogP contribution in [0.1, 0.15) is 11.5 Å². The summed E-state index contributed by atoms with van der Waals surface area (Å²) in [6, 6.07) is 10.0. The normalized spacial score (nSPS) is 10.3. The molecule has 0 atom stereocenters. The summed E-state index contributed by atoms with van der Waals surface area (Å²) >= 11 is 0. The zero-order valence-electron chi connectivity index (χ0n) is 10.3. The van der Waals surface area contributed by atoms with E-state index in [2.05, 4.69) is 4.98 Å². The summed E-state index contributed by atoms with van der Waals surface area (Å²) in [4.78, 5) is 16.7. The number of hydrogen-bond acceptors (Lipinski definition) is 4. The van der Waals surface area contributed by atoms with Crippen LogP contribution in [0.15, 0.2) is 34.7 Å². The maximum Gasteiger partial charge on any atom is 0.311 e. The van der Waals surface area contributed by atoms with Crippen molar-refractivity contribution in [1.82, 2.24) is 4.98 Å². The average Bonchev–Trinajstić information content (AvgIpc) is 2.70. The van der Waals surface area contributed by atoms with Crippen molar-refractivity contribution < 1.29 is 14.3 Å². The topological polar surface area (TPSA) is 66.6 Å². The van der Waals surface area contributed by atoms with Crippen LogP contribution in [-0.2, 0) is 11.2 Å². The Morgan fingerprint density at radius 3 is 2.67 bits per heavy atom. The van der Waals surface area contributed by atoms with Gasteiger partial charge in [0, 0.05) is 12.7 Å². The molecule has 1 aromatic heterocycles. The second kappa shape index (κ2) is 4.91. The van der Waals surface area contributed by atoms with Crippen LogP contribution in [-0.4, -0.2) is 23.1 Å². The highest BCUT2D eigenvalue weighted by Crippen LogP contribution is 2.24. The number of carboxylic acids is 1. The van der Waals surface area contributed by atoms with Gasteiger partial charge in [0.25, 0.3) is 0 Å². The van der Waals surface area contributed by atoms with E-state index in [1.54, 1.807) is 11.8 Å². The highest BCUT2D eigenvalue weighted by molar-refractivity contribution is 5.69. The van der Waals surface area contributed by atoms with Crippen LogP contribution in [0.2, 0.25) is 0 Å². The summed E-state index contributed by atoms with van der Waals surface area (Å²) in [5.41, 5.74) is 1.54. The first-order chi connectivity index (χ1) is 8.58. The van der Waals surface area contributed by atoms with Gasteiger partial charge in [-0.15, -0.1) is 0 Å². The molecule has 0 aliphatic rings. The number of aliphatic carboxylic acids is 1. The minimum atomic E-state index is -0.928. The van der Waals surface area contributed by atoms with E-state index in [1.807, 2.05) is 37.4 Å². The number of anilines is 2. The van der Waals surface area contributed by atoms with Crippen LogP contribution in [0, 0.1) is 6.92 Å². The summed E-state index contributed by atoms with van der Waals surface area (Å²) in [6.45, 7) is 1.74. The van der Waals surface area contributed by atoms with Gasteiger partial charge in [0.05, 0.1) is 5.69 Å². The lowest BCUT2D eigenvalue weighted by Gasteiger charge is -2.13. The SMILES string of the molecule is Cc1nc(N(C)c2ccccc2)oc1CC(=O)O. The summed E-state index contributed by atoms with van der Waals surface area (Å²) in [5, 5.41) is 8.75. The first-order valence-electron chi connectivity index (χ1n) is 5.55. The van der Waals surface area contributed by atoms with Crippen molar-refractivity contribution in [2.75, 3.05) is 11.9 Å². The molecule has 94 valence electrons. The van der Waals surface area contributed by atoms with E-state index in [-0.39, 0.29) is 6.42 Å². The zero-order valence-corrected chi connectivity index (χ0v) is 10.3. The lowest BCUT2D eigenvalue weighted by Crippen LogP contribution is -2.09. The van der Waals surface area contributed by atoms with Crippen molar-refractivity contribution in [2.24, 2.45) is 0 Å². The molecule has 2 aromatic rings. The van der Waals surface area contributed by atoms with Crippen LogP contribution in [0.4, 0.5) is 11.7 Å². The molecule has 1 N–H and O–H groups in total. The number of nitrogens with zero attached hydrogens (tertiary/aromatic N) is 2. The quantitative estimate of drug-likeness (QED) is 0.897. The predicted octanol–water partition coefficient (Wildman–Crippen LogP) is 2.38. The van der Waals surface area contributed by atoms with Gasteiger partial charge in [-0.2, -0.15) is 4.98 Å². The molecular weight excluding hydrogens is 232 g/mol. The summed E-state index contributed by atoms with van der Waals surface area (Å²) in [5.74, 6) is -0.538. The van der Waals surface area contributed by atoms with E-state index in [9.17, 15) is 4.79 Å². The Hall–Kier alpha value is -2.30. The van der Waals surface area contributed by atoms with Crippen LogP contribution >= 0.6 is 0 Å². The Labute approximate surface area is 105 Å². The molecule has 1 heterocycles. The molecule has 0 amide bonds. The number of benzene rings is 1. The number of aryl methyl sites for hydroxylation is 1. The first kappa shape index (κ1) is 12.2. The third-order valence-electron chi connectivity index (χ3n) is 2.62. The third kappa shape index (κ3) is 2.51. The molecule has 2 rings (SSSR count). The van der Waals surface area contributed by atoms with Gasteiger partial charge >= 0.3 is 12.0 Å². The molecule has 0 bridgehead atoms. The number of para-hydroxylation sites is 1. The minimum absolute atomic E-state index is 0.151. The molecular formula is C13H14N2O3. The second-order valence-electron chi connectivity index (χ2n) is 3.97. The summed E-state index contributed by atoms with van der Waals surface area (Å²) < 4.78 is 5.48. The van der Waals surface area contributed by atoms with Crippen LogP contribution < -0.4 is 4.90 Å². The van der Waals surface area contributed by atoms with Crippen molar-refractivity contribution in [3.63, 3.8) is 0 Å². The van der Waals surface area contributed by atoms with Crippen molar-refractivity contribution in [2.45, 2.75) is 13.3 Å². The van der Waals surface area contributed by atoms with E-state index < -0.39 is 5.97 Å². The number of carboxylic acid groups (broad SMARTS) is 1. The molecule has 0 radical (unpaired) electrons. The molecule has 0 spiro atoms. The Morgan fingerprint density at radius 2 is 2.06 bits per heavy atom. The van der Waals surface area contributed by atoms with Crippen molar-refractivity contribution in [1.29, 1.82) is 0 Å². The fraction of sp³-hybridized carbons (Fsp3) is 0.231. The molecule has 0 saturated heterocycles. The monoisotopic (exact) mass is 246 g/mol. The number of aromatic nitrogens is 1. The van der Waals surface area contributed by atoms with Gasteiger partial charge in [0.1, 0.15) is 12.2 Å². The lowest BCUT2D eigenvalue weighted by molar-refractivity contribution is -0.136. The van der Waals surface area contributed by atoms with E-state index in [0.29, 0.717) is 17.5 Å². The number of hydrogen-bond donors (Lipinski definition) is 1. The molecule has 0 saturated carbocycles. The average molecular weight is 246 g/mol. The number of oxazole rings is 1. The van der Waals surface area contributed by atoms with E-state index in [4.69, 9.17) is 9.52 Å². The maximum absolute atomic E-state index is 10.7. The molecule has 0 aliphatic heterocycles. The first-order valence-corrected chi connectivity index (χ1v) is 5.55. The Kier molecular flexibility index (Phi) is 3.32. The van der Waals surface area contributed by atoms with Crippen molar-refractivity contribution >= 4 is 17.7 Å². The Balaban J connectivity index is 2.26. The summed E-state index contributed by atoms with van der Waals surface area (Å²) in [6.07, 6.45) is -0.151. The Bertz CT molecular complexity index is 549. The van der Waals surface area contributed by atoms with Gasteiger partial charge in [-0.1, -0.05) is 18.2 Å². The smallest absolute Gasteiger partial charge is 0.311 e. The molecule has 5 heteroatoms. The molecule has 1 aromatic carbocycles.